The molecule has 112 valence electrons. The van der Waals surface area contributed by atoms with Gasteiger partial charge < -0.3 is 10.0 Å². The summed E-state index contributed by atoms with van der Waals surface area (Å²) in [6.45, 7) is 2.52. The summed E-state index contributed by atoms with van der Waals surface area (Å²) in [6, 6.07) is 5.88. The zero-order valence-corrected chi connectivity index (χ0v) is 11.9. The van der Waals surface area contributed by atoms with Gasteiger partial charge in [-0.05, 0) is 43.5 Å². The number of rotatable bonds is 3. The van der Waals surface area contributed by atoms with E-state index in [2.05, 4.69) is 0 Å². The molecule has 1 aromatic rings. The van der Waals surface area contributed by atoms with E-state index in [0.29, 0.717) is 25.0 Å². The number of piperidine rings is 1. The molecule has 0 saturated carbocycles. The number of nitrogens with zero attached hydrogens (tertiary/aromatic N) is 1. The lowest BCUT2D eigenvalue weighted by atomic mass is 9.97. The van der Waals surface area contributed by atoms with Gasteiger partial charge in [-0.2, -0.15) is 0 Å². The van der Waals surface area contributed by atoms with Gasteiger partial charge in [-0.1, -0.05) is 12.1 Å². The van der Waals surface area contributed by atoms with Crippen LogP contribution in [-0.2, 0) is 9.59 Å². The summed E-state index contributed by atoms with van der Waals surface area (Å²) in [6.07, 6.45) is 3.00. The fraction of sp³-hybridized carbons (Fsp3) is 0.375. The van der Waals surface area contributed by atoms with Gasteiger partial charge in [0.2, 0.25) is 5.91 Å². The highest BCUT2D eigenvalue weighted by Gasteiger charge is 2.28. The van der Waals surface area contributed by atoms with E-state index >= 15 is 0 Å². The highest BCUT2D eigenvalue weighted by Crippen LogP contribution is 2.19. The Labute approximate surface area is 122 Å². The fourth-order valence-corrected chi connectivity index (χ4v) is 2.48. The van der Waals surface area contributed by atoms with Crippen LogP contribution in [0.2, 0.25) is 0 Å². The number of aliphatic carboxylic acids is 1. The molecule has 1 saturated heterocycles. The van der Waals surface area contributed by atoms with Crippen LogP contribution in [0.25, 0.3) is 6.08 Å². The number of carbonyl (C=O) groups excluding carboxylic acids is 1. The third kappa shape index (κ3) is 3.90. The van der Waals surface area contributed by atoms with Crippen molar-refractivity contribution in [1.82, 2.24) is 4.90 Å². The highest BCUT2D eigenvalue weighted by molar-refractivity contribution is 5.97. The van der Waals surface area contributed by atoms with Crippen molar-refractivity contribution in [2.24, 2.45) is 5.92 Å². The maximum absolute atomic E-state index is 12.8. The number of carbonyl (C=O) groups is 2. The molecule has 2 rings (SSSR count). The molecule has 1 unspecified atom stereocenters. The maximum Gasteiger partial charge on any atom is 0.308 e. The lowest BCUT2D eigenvalue weighted by molar-refractivity contribution is -0.145. The summed E-state index contributed by atoms with van der Waals surface area (Å²) in [7, 11) is 0. The molecule has 0 spiro atoms. The fourth-order valence-electron chi connectivity index (χ4n) is 2.48. The van der Waals surface area contributed by atoms with Crippen LogP contribution in [0.1, 0.15) is 25.3 Å². The van der Waals surface area contributed by atoms with Crippen molar-refractivity contribution in [1.29, 1.82) is 0 Å². The molecule has 0 aliphatic carbocycles. The number of benzene rings is 1. The molecule has 1 aliphatic rings. The Hall–Kier alpha value is -2.17. The van der Waals surface area contributed by atoms with Crippen LogP contribution in [0.3, 0.4) is 0 Å². The number of hydrogen-bond donors (Lipinski definition) is 1. The molecule has 5 heteroatoms. The summed E-state index contributed by atoms with van der Waals surface area (Å²) in [5.74, 6) is -1.82. The second-order valence-electron chi connectivity index (χ2n) is 5.31. The summed E-state index contributed by atoms with van der Waals surface area (Å²) < 4.78 is 12.8. The van der Waals surface area contributed by atoms with E-state index in [9.17, 15) is 14.0 Å². The third-order valence-corrected chi connectivity index (χ3v) is 3.65. The average molecular weight is 291 g/mol. The summed E-state index contributed by atoms with van der Waals surface area (Å²) >= 11 is 0. The van der Waals surface area contributed by atoms with E-state index in [4.69, 9.17) is 5.11 Å². The number of halogens is 1. The second-order valence-corrected chi connectivity index (χ2v) is 5.31. The van der Waals surface area contributed by atoms with Crippen molar-refractivity contribution >= 4 is 18.0 Å². The van der Waals surface area contributed by atoms with Crippen LogP contribution < -0.4 is 0 Å². The number of hydrogen-bond acceptors (Lipinski definition) is 2. The van der Waals surface area contributed by atoms with Gasteiger partial charge in [-0.25, -0.2) is 4.39 Å². The van der Waals surface area contributed by atoms with Crippen LogP contribution in [0, 0.1) is 11.7 Å². The van der Waals surface area contributed by atoms with Gasteiger partial charge in [0.05, 0.1) is 5.92 Å². The molecule has 1 amide bonds. The van der Waals surface area contributed by atoms with Gasteiger partial charge in [0.1, 0.15) is 5.82 Å². The van der Waals surface area contributed by atoms with Crippen molar-refractivity contribution in [3.05, 3.63) is 41.2 Å². The number of carboxylic acids is 1. The predicted octanol–water partition coefficient (Wildman–Crippen LogP) is 2.55. The zero-order valence-electron chi connectivity index (χ0n) is 11.9. The Kier molecular flexibility index (Phi) is 4.73. The van der Waals surface area contributed by atoms with Crippen molar-refractivity contribution in [2.75, 3.05) is 13.1 Å². The molecule has 21 heavy (non-hydrogen) atoms. The summed E-state index contributed by atoms with van der Waals surface area (Å²) in [5.41, 5.74) is 1.27. The van der Waals surface area contributed by atoms with E-state index in [1.165, 1.54) is 12.1 Å². The summed E-state index contributed by atoms with van der Waals surface area (Å²) in [4.78, 5) is 24.9. The van der Waals surface area contributed by atoms with Crippen molar-refractivity contribution in [3.8, 4) is 0 Å². The van der Waals surface area contributed by atoms with E-state index < -0.39 is 11.9 Å². The van der Waals surface area contributed by atoms with Crippen molar-refractivity contribution in [2.45, 2.75) is 19.8 Å². The minimum atomic E-state index is -0.854. The Morgan fingerprint density at radius 3 is 2.62 bits per heavy atom. The minimum absolute atomic E-state index is 0.162. The molecule has 1 fully saturated rings. The van der Waals surface area contributed by atoms with Crippen LogP contribution in [0.5, 0.6) is 0 Å². The lowest BCUT2D eigenvalue weighted by Gasteiger charge is -2.31. The third-order valence-electron chi connectivity index (χ3n) is 3.65. The Morgan fingerprint density at radius 2 is 2.00 bits per heavy atom. The Bertz CT molecular complexity index is 565. The normalized spacial score (nSPS) is 19.4. The predicted molar refractivity (Wildman–Crippen MR) is 77.0 cm³/mol. The first kappa shape index (κ1) is 15.2. The van der Waals surface area contributed by atoms with Gasteiger partial charge in [0.25, 0.3) is 0 Å². The molecule has 0 bridgehead atoms. The monoisotopic (exact) mass is 291 g/mol. The van der Waals surface area contributed by atoms with Crippen LogP contribution >= 0.6 is 0 Å². The van der Waals surface area contributed by atoms with Gasteiger partial charge >= 0.3 is 5.97 Å². The van der Waals surface area contributed by atoms with Crippen LogP contribution in [0.4, 0.5) is 4.39 Å². The maximum atomic E-state index is 12.8. The van der Waals surface area contributed by atoms with Gasteiger partial charge in [0.15, 0.2) is 0 Å². The number of carboxylic acid groups (broad SMARTS) is 1. The Balaban J connectivity index is 2.08. The minimum Gasteiger partial charge on any atom is -0.481 e. The molecule has 1 aromatic carbocycles. The van der Waals surface area contributed by atoms with E-state index in [-0.39, 0.29) is 18.3 Å². The Morgan fingerprint density at radius 1 is 1.33 bits per heavy atom. The first-order chi connectivity index (χ1) is 9.97. The number of likely N-dealkylation sites (tertiary alicyclic amines) is 1. The SMILES string of the molecule is C/C(=C/c1ccc(F)cc1)C(=O)N1CCCC(C(=O)O)C1. The van der Waals surface area contributed by atoms with Crippen molar-refractivity contribution in [3.63, 3.8) is 0 Å². The first-order valence-corrected chi connectivity index (χ1v) is 6.93. The molecule has 1 heterocycles. The quantitative estimate of drug-likeness (QED) is 0.871. The number of amides is 1. The largest absolute Gasteiger partial charge is 0.481 e. The lowest BCUT2D eigenvalue weighted by Crippen LogP contribution is -2.42. The van der Waals surface area contributed by atoms with Crippen LogP contribution in [-0.4, -0.2) is 35.0 Å². The highest BCUT2D eigenvalue weighted by atomic mass is 19.1. The topological polar surface area (TPSA) is 57.6 Å². The van der Waals surface area contributed by atoms with E-state index in [1.54, 1.807) is 30.0 Å². The van der Waals surface area contributed by atoms with Crippen LogP contribution in [0.15, 0.2) is 29.8 Å². The van der Waals surface area contributed by atoms with Gasteiger partial charge in [-0.15, -0.1) is 0 Å². The molecular formula is C16H18FNO3. The molecule has 1 aliphatic heterocycles. The van der Waals surface area contributed by atoms with E-state index in [0.717, 1.165) is 5.56 Å². The van der Waals surface area contributed by atoms with Crippen molar-refractivity contribution < 1.29 is 19.1 Å². The molecule has 0 aromatic heterocycles. The molecule has 1 atom stereocenters. The molecule has 0 radical (unpaired) electrons. The molecular weight excluding hydrogens is 273 g/mol. The smallest absolute Gasteiger partial charge is 0.308 e. The van der Waals surface area contributed by atoms with Gasteiger partial charge in [-0.3, -0.25) is 9.59 Å². The van der Waals surface area contributed by atoms with E-state index in [1.807, 2.05) is 0 Å². The first-order valence-electron chi connectivity index (χ1n) is 6.93. The second kappa shape index (κ2) is 6.52. The molecule has 1 N–H and O–H groups in total. The average Bonchev–Trinajstić information content (AvgIpc) is 2.49. The summed E-state index contributed by atoms with van der Waals surface area (Å²) in [5, 5.41) is 9.05. The van der Waals surface area contributed by atoms with Gasteiger partial charge in [0, 0.05) is 18.7 Å². The molecule has 4 nitrogen and oxygen atoms in total. The standard InChI is InChI=1S/C16H18FNO3/c1-11(9-12-4-6-14(17)7-5-12)15(19)18-8-2-3-13(10-18)16(20)21/h4-7,9,13H,2-3,8,10H2,1H3,(H,20,21)/b11-9-. The zero-order chi connectivity index (χ0) is 15.4.